The van der Waals surface area contributed by atoms with Crippen molar-refractivity contribution < 1.29 is 28.4 Å². The molecule has 13 nitrogen and oxygen atoms in total. The highest BCUT2D eigenvalue weighted by molar-refractivity contribution is 7.46. The highest BCUT2D eigenvalue weighted by atomic mass is 32.1. The highest BCUT2D eigenvalue weighted by Gasteiger charge is 2.32. The van der Waals surface area contributed by atoms with Crippen molar-refractivity contribution in [3.05, 3.63) is 41.4 Å². The van der Waals surface area contributed by atoms with Crippen LogP contribution < -0.4 is 11.1 Å². The molecule has 1 aliphatic rings. The lowest BCUT2D eigenvalue weighted by Crippen LogP contribution is -2.33. The second kappa shape index (κ2) is 10.4. The maximum absolute atomic E-state index is 12.9. The summed E-state index contributed by atoms with van der Waals surface area (Å²) in [6, 6.07) is 0.178. The summed E-state index contributed by atoms with van der Waals surface area (Å²) >= 11 is 1.23. The smallest absolute Gasteiger partial charge is 0.397 e. The van der Waals surface area contributed by atoms with E-state index in [9.17, 15) is 9.36 Å². The van der Waals surface area contributed by atoms with E-state index in [0.717, 1.165) is 12.8 Å². The zero-order valence-corrected chi connectivity index (χ0v) is 20.8. The molecule has 0 bridgehead atoms. The lowest BCUT2D eigenvalue weighted by atomic mass is 9.89. The van der Waals surface area contributed by atoms with Gasteiger partial charge >= 0.3 is 7.82 Å². The molecule has 5 N–H and O–H groups in total. The summed E-state index contributed by atoms with van der Waals surface area (Å²) in [6.45, 7) is 4.02. The number of phosphoric ester groups is 1. The van der Waals surface area contributed by atoms with Crippen molar-refractivity contribution in [2.75, 3.05) is 11.9 Å². The quantitative estimate of drug-likeness (QED) is 0.289. The average molecular weight is 524 g/mol. The first-order chi connectivity index (χ1) is 16.7. The molecule has 1 saturated carbocycles. The summed E-state index contributed by atoms with van der Waals surface area (Å²) in [4.78, 5) is 34.9. The van der Waals surface area contributed by atoms with E-state index in [4.69, 9.17) is 20.3 Å². The molecule has 0 aromatic carbocycles. The largest absolute Gasteiger partial charge is 0.471 e. The van der Waals surface area contributed by atoms with E-state index in [2.05, 4.69) is 25.0 Å². The van der Waals surface area contributed by atoms with Crippen LogP contribution in [-0.2, 0) is 20.6 Å². The standard InChI is InChI=1S/C20H26N7O6PS/c1-3-15(21)18-16(9-27(25-18)13-5-14(6-13)32-4-2)23-19(28)17-10-35-20(24-17)12-7-22-26(8-12)11-33-34(29,30)31/h3,7-10,13-14H,4-6,11,21H2,1-2H3,(H,23,28)(H2,29,30,31)/b15-3-. The molecule has 4 rings (SSSR count). The molecule has 0 spiro atoms. The zero-order chi connectivity index (χ0) is 25.2. The fraction of sp³-hybridized carbons (Fsp3) is 0.400. The highest BCUT2D eigenvalue weighted by Crippen LogP contribution is 2.37. The van der Waals surface area contributed by atoms with Crippen molar-refractivity contribution in [2.45, 2.75) is 45.6 Å². The number of carbonyl (C=O) groups excluding carboxylic acids is 1. The Labute approximate surface area is 204 Å². The van der Waals surface area contributed by atoms with E-state index >= 15 is 0 Å². The average Bonchev–Trinajstić information content (AvgIpc) is 3.52. The van der Waals surface area contributed by atoms with Gasteiger partial charge in [0.05, 0.1) is 29.7 Å². The monoisotopic (exact) mass is 523 g/mol. The van der Waals surface area contributed by atoms with Crippen LogP contribution in [0.3, 0.4) is 0 Å². The fourth-order valence-electron chi connectivity index (χ4n) is 3.52. The van der Waals surface area contributed by atoms with E-state index in [1.165, 1.54) is 28.4 Å². The van der Waals surface area contributed by atoms with Crippen LogP contribution in [0, 0.1) is 0 Å². The van der Waals surface area contributed by atoms with Gasteiger partial charge in [0.25, 0.3) is 5.91 Å². The molecule has 0 atom stereocenters. The summed E-state index contributed by atoms with van der Waals surface area (Å²) in [7, 11) is -4.61. The van der Waals surface area contributed by atoms with Crippen molar-refractivity contribution in [2.24, 2.45) is 5.73 Å². The zero-order valence-electron chi connectivity index (χ0n) is 19.1. The third-order valence-corrected chi connectivity index (χ3v) is 6.73. The Morgan fingerprint density at radius 2 is 2.17 bits per heavy atom. The van der Waals surface area contributed by atoms with Gasteiger partial charge < -0.3 is 25.6 Å². The third-order valence-electron chi connectivity index (χ3n) is 5.39. The summed E-state index contributed by atoms with van der Waals surface area (Å²) in [6.07, 6.45) is 8.39. The second-order valence-corrected chi connectivity index (χ2v) is 9.92. The Bertz CT molecular complexity index is 1270. The molecular formula is C20H26N7O6PS. The van der Waals surface area contributed by atoms with Gasteiger partial charge in [0.1, 0.15) is 16.4 Å². The van der Waals surface area contributed by atoms with E-state index in [1.54, 1.807) is 24.6 Å². The van der Waals surface area contributed by atoms with Crippen LogP contribution in [0.5, 0.6) is 0 Å². The van der Waals surface area contributed by atoms with Crippen LogP contribution in [-0.4, -0.2) is 52.9 Å². The molecule has 0 saturated heterocycles. The molecule has 1 amide bonds. The van der Waals surface area contributed by atoms with Crippen LogP contribution in [0.4, 0.5) is 5.69 Å². The lowest BCUT2D eigenvalue weighted by Gasteiger charge is -2.34. The molecule has 0 unspecified atom stereocenters. The number of thiazole rings is 1. The molecule has 1 aliphatic carbocycles. The normalized spacial score (nSPS) is 18.5. The molecule has 3 heterocycles. The molecule has 15 heteroatoms. The predicted molar refractivity (Wildman–Crippen MR) is 128 cm³/mol. The number of anilines is 1. The van der Waals surface area contributed by atoms with E-state index in [-0.39, 0.29) is 17.8 Å². The summed E-state index contributed by atoms with van der Waals surface area (Å²) < 4.78 is 23.9. The molecule has 3 aromatic rings. The Morgan fingerprint density at radius 1 is 1.40 bits per heavy atom. The van der Waals surface area contributed by atoms with Crippen molar-refractivity contribution in [3.8, 4) is 10.6 Å². The Morgan fingerprint density at radius 3 is 2.86 bits per heavy atom. The van der Waals surface area contributed by atoms with Gasteiger partial charge in [-0.05, 0) is 26.7 Å². The molecule has 0 radical (unpaired) electrons. The van der Waals surface area contributed by atoms with E-state index < -0.39 is 20.5 Å². The number of nitrogens with one attached hydrogen (secondary N) is 1. The number of amides is 1. The van der Waals surface area contributed by atoms with Crippen molar-refractivity contribution in [1.29, 1.82) is 0 Å². The second-order valence-electron chi connectivity index (χ2n) is 7.83. The number of carbonyl (C=O) groups is 1. The third kappa shape index (κ3) is 6.04. The van der Waals surface area contributed by atoms with Gasteiger partial charge in [-0.3, -0.25) is 14.0 Å². The maximum Gasteiger partial charge on any atom is 0.471 e. The number of hydrogen-bond donors (Lipinski definition) is 4. The number of nitrogens with zero attached hydrogens (tertiary/aromatic N) is 5. The molecular weight excluding hydrogens is 497 g/mol. The number of rotatable bonds is 10. The summed E-state index contributed by atoms with van der Waals surface area (Å²) in [5.41, 5.74) is 8.31. The summed E-state index contributed by atoms with van der Waals surface area (Å²) in [5.74, 6) is -0.421. The maximum atomic E-state index is 12.9. The van der Waals surface area contributed by atoms with Crippen molar-refractivity contribution >= 4 is 36.5 Å². The van der Waals surface area contributed by atoms with Crippen LogP contribution in [0.1, 0.15) is 48.9 Å². The first-order valence-corrected chi connectivity index (χ1v) is 13.2. The minimum Gasteiger partial charge on any atom is -0.397 e. The van der Waals surface area contributed by atoms with Gasteiger partial charge in [-0.1, -0.05) is 6.08 Å². The van der Waals surface area contributed by atoms with Crippen LogP contribution in [0.25, 0.3) is 16.3 Å². The molecule has 3 aromatic heterocycles. The lowest BCUT2D eigenvalue weighted by molar-refractivity contribution is -0.0227. The van der Waals surface area contributed by atoms with Gasteiger partial charge in [-0.15, -0.1) is 11.3 Å². The minimum absolute atomic E-state index is 0.178. The fourth-order valence-corrected chi connectivity index (χ4v) is 4.57. The number of ether oxygens (including phenoxy) is 1. The van der Waals surface area contributed by atoms with Crippen LogP contribution >= 0.6 is 19.2 Å². The van der Waals surface area contributed by atoms with Gasteiger partial charge in [-0.2, -0.15) is 10.2 Å². The Balaban J connectivity index is 1.46. The van der Waals surface area contributed by atoms with Crippen LogP contribution in [0.15, 0.2) is 30.0 Å². The number of phosphoric acid groups is 1. The molecule has 0 aliphatic heterocycles. The SMILES string of the molecule is C/C=C(\N)c1nn(C2CC(OCC)C2)cc1NC(=O)c1csc(-c2cnn(COP(=O)(O)O)c2)n1. The van der Waals surface area contributed by atoms with Gasteiger partial charge in [0.2, 0.25) is 0 Å². The predicted octanol–water partition coefficient (Wildman–Crippen LogP) is 2.58. The Hall–Kier alpha value is -2.87. The number of nitrogens with two attached hydrogens (primary N) is 1. The minimum atomic E-state index is -4.61. The number of aromatic nitrogens is 5. The van der Waals surface area contributed by atoms with Crippen molar-refractivity contribution in [1.82, 2.24) is 24.5 Å². The first-order valence-electron chi connectivity index (χ1n) is 10.8. The van der Waals surface area contributed by atoms with Gasteiger partial charge in [-0.25, -0.2) is 14.2 Å². The van der Waals surface area contributed by atoms with E-state index in [1.807, 2.05) is 11.6 Å². The van der Waals surface area contributed by atoms with E-state index in [0.29, 0.717) is 34.3 Å². The number of allylic oxidation sites excluding steroid dienone is 1. The van der Waals surface area contributed by atoms with Crippen molar-refractivity contribution in [3.63, 3.8) is 0 Å². The summed E-state index contributed by atoms with van der Waals surface area (Å²) in [5, 5.41) is 13.5. The first kappa shape index (κ1) is 25.2. The molecule has 1 fully saturated rings. The Kier molecular flexibility index (Phi) is 7.50. The number of hydrogen-bond acceptors (Lipinski definition) is 9. The van der Waals surface area contributed by atoms with Gasteiger partial charge in [0, 0.05) is 29.9 Å². The molecule has 35 heavy (non-hydrogen) atoms. The topological polar surface area (TPSA) is 180 Å². The van der Waals surface area contributed by atoms with Gasteiger partial charge in [0.15, 0.2) is 6.73 Å². The molecule has 188 valence electrons. The van der Waals surface area contributed by atoms with Crippen LogP contribution in [0.2, 0.25) is 0 Å².